The molecule has 31 heavy (non-hydrogen) atoms. The fourth-order valence-electron chi connectivity index (χ4n) is 3.64. The maximum absolute atomic E-state index is 12.9. The van der Waals surface area contributed by atoms with Gasteiger partial charge in [0.15, 0.2) is 0 Å². The summed E-state index contributed by atoms with van der Waals surface area (Å²) in [6.07, 6.45) is 3.72. The third kappa shape index (κ3) is 3.78. The topological polar surface area (TPSA) is 42.3 Å². The molecule has 1 aliphatic rings. The lowest BCUT2D eigenvalue weighted by molar-refractivity contribution is -0.123. The molecule has 4 nitrogen and oxygen atoms in total. The average molecular weight is 445 g/mol. The molecule has 1 saturated heterocycles. The van der Waals surface area contributed by atoms with Crippen molar-refractivity contribution in [3.05, 3.63) is 106 Å². The van der Waals surface area contributed by atoms with Crippen molar-refractivity contribution in [2.75, 3.05) is 0 Å². The summed E-state index contributed by atoms with van der Waals surface area (Å²) < 4.78 is 2.01. The first-order chi connectivity index (χ1) is 15.1. The number of thioether (sulfide) groups is 1. The van der Waals surface area contributed by atoms with Gasteiger partial charge in [0.25, 0.3) is 11.1 Å². The van der Waals surface area contributed by atoms with Crippen molar-refractivity contribution in [1.82, 2.24) is 9.47 Å². The van der Waals surface area contributed by atoms with Gasteiger partial charge in [0.1, 0.15) is 0 Å². The summed E-state index contributed by atoms with van der Waals surface area (Å²) in [5.41, 5.74) is 2.57. The molecular formula is C25H17ClN2O2S. The Morgan fingerprint density at radius 2 is 1.65 bits per heavy atom. The number of rotatable bonds is 4. The highest BCUT2D eigenvalue weighted by molar-refractivity contribution is 8.18. The van der Waals surface area contributed by atoms with Crippen LogP contribution < -0.4 is 0 Å². The van der Waals surface area contributed by atoms with Gasteiger partial charge in [0.2, 0.25) is 0 Å². The fraction of sp³-hybridized carbons (Fsp3) is 0.0400. The largest absolute Gasteiger partial charge is 0.317 e. The summed E-state index contributed by atoms with van der Waals surface area (Å²) in [5, 5.41) is 2.55. The van der Waals surface area contributed by atoms with Crippen molar-refractivity contribution < 1.29 is 9.59 Å². The van der Waals surface area contributed by atoms with E-state index in [-0.39, 0.29) is 17.7 Å². The van der Waals surface area contributed by atoms with Crippen molar-refractivity contribution >= 4 is 51.4 Å². The number of halogens is 1. The van der Waals surface area contributed by atoms with E-state index < -0.39 is 0 Å². The zero-order valence-corrected chi connectivity index (χ0v) is 17.9. The van der Waals surface area contributed by atoms with Gasteiger partial charge in [-0.3, -0.25) is 14.5 Å². The second kappa shape index (κ2) is 8.10. The van der Waals surface area contributed by atoms with Gasteiger partial charge in [-0.15, -0.1) is 0 Å². The van der Waals surface area contributed by atoms with Crippen molar-refractivity contribution in [2.24, 2.45) is 0 Å². The maximum Gasteiger partial charge on any atom is 0.293 e. The molecular weight excluding hydrogens is 428 g/mol. The second-order valence-electron chi connectivity index (χ2n) is 7.19. The maximum atomic E-state index is 12.9. The predicted molar refractivity (Wildman–Crippen MR) is 126 cm³/mol. The monoisotopic (exact) mass is 444 g/mol. The predicted octanol–water partition coefficient (Wildman–Crippen LogP) is 6.52. The molecule has 1 fully saturated rings. The van der Waals surface area contributed by atoms with E-state index in [9.17, 15) is 9.59 Å². The van der Waals surface area contributed by atoms with E-state index in [1.54, 1.807) is 12.1 Å². The van der Waals surface area contributed by atoms with E-state index in [1.807, 2.05) is 59.3 Å². The number of amides is 2. The van der Waals surface area contributed by atoms with Gasteiger partial charge in [0, 0.05) is 22.6 Å². The van der Waals surface area contributed by atoms with Crippen molar-refractivity contribution in [3.63, 3.8) is 0 Å². The summed E-state index contributed by atoms with van der Waals surface area (Å²) in [6, 6.07) is 25.5. The van der Waals surface area contributed by atoms with E-state index >= 15 is 0 Å². The molecule has 0 unspecified atom stereocenters. The highest BCUT2D eigenvalue weighted by Gasteiger charge is 2.35. The first-order valence-electron chi connectivity index (χ1n) is 9.75. The van der Waals surface area contributed by atoms with Gasteiger partial charge in [-0.25, -0.2) is 0 Å². The summed E-state index contributed by atoms with van der Waals surface area (Å²) in [6.45, 7) is 0.160. The van der Waals surface area contributed by atoms with Crippen LogP contribution in [0.15, 0.2) is 90.0 Å². The standard InChI is InChI=1S/C25H17ClN2O2S/c26-22-10-4-3-8-19(22)16-28-24(29)23(31-25(28)30)15-20-9-5-13-27(20)21-12-11-17-6-1-2-7-18(17)14-21/h1-15H,16H2/b23-15-. The molecule has 0 bridgehead atoms. The zero-order chi connectivity index (χ0) is 21.4. The number of carbonyl (C=O) groups is 2. The molecule has 152 valence electrons. The number of hydrogen-bond donors (Lipinski definition) is 0. The molecule has 0 aliphatic carbocycles. The molecule has 0 N–H and O–H groups in total. The highest BCUT2D eigenvalue weighted by Crippen LogP contribution is 2.34. The Morgan fingerprint density at radius 1 is 0.871 bits per heavy atom. The lowest BCUT2D eigenvalue weighted by Crippen LogP contribution is -2.27. The number of carbonyl (C=O) groups excluding carboxylic acids is 2. The Bertz CT molecular complexity index is 1360. The Balaban J connectivity index is 1.45. The molecule has 2 heterocycles. The SMILES string of the molecule is O=C1S/C(=C\c2cccn2-c2ccc3ccccc3c2)C(=O)N1Cc1ccccc1Cl. The number of nitrogens with zero attached hydrogens (tertiary/aromatic N) is 2. The van der Waals surface area contributed by atoms with Crippen LogP contribution in [-0.2, 0) is 11.3 Å². The zero-order valence-electron chi connectivity index (χ0n) is 16.4. The van der Waals surface area contributed by atoms with Gasteiger partial charge in [-0.2, -0.15) is 0 Å². The van der Waals surface area contributed by atoms with Crippen LogP contribution >= 0.6 is 23.4 Å². The molecule has 3 aromatic carbocycles. The minimum Gasteiger partial charge on any atom is -0.317 e. The van der Waals surface area contributed by atoms with E-state index in [1.165, 1.54) is 10.3 Å². The Morgan fingerprint density at radius 3 is 2.48 bits per heavy atom. The van der Waals surface area contributed by atoms with Gasteiger partial charge in [-0.05, 0) is 64.5 Å². The fourth-order valence-corrected chi connectivity index (χ4v) is 4.66. The molecule has 4 aromatic rings. The van der Waals surface area contributed by atoms with Crippen molar-refractivity contribution in [3.8, 4) is 5.69 Å². The molecule has 0 radical (unpaired) electrons. The minimum absolute atomic E-state index is 0.160. The van der Waals surface area contributed by atoms with Crippen LogP contribution in [-0.4, -0.2) is 20.6 Å². The first-order valence-corrected chi connectivity index (χ1v) is 10.9. The molecule has 1 aliphatic heterocycles. The van der Waals surface area contributed by atoms with Crippen LogP contribution in [0.3, 0.4) is 0 Å². The van der Waals surface area contributed by atoms with Gasteiger partial charge in [-0.1, -0.05) is 60.1 Å². The van der Waals surface area contributed by atoms with Gasteiger partial charge in [0.05, 0.1) is 11.4 Å². The second-order valence-corrected chi connectivity index (χ2v) is 8.59. The molecule has 0 saturated carbocycles. The summed E-state index contributed by atoms with van der Waals surface area (Å²) in [7, 11) is 0. The molecule has 0 atom stereocenters. The van der Waals surface area contributed by atoms with Crippen LogP contribution in [0.25, 0.3) is 22.5 Å². The van der Waals surface area contributed by atoms with Crippen LogP contribution in [0, 0.1) is 0 Å². The Hall–Kier alpha value is -3.28. The number of aromatic nitrogens is 1. The summed E-state index contributed by atoms with van der Waals surface area (Å²) >= 11 is 7.16. The van der Waals surface area contributed by atoms with E-state index in [2.05, 4.69) is 24.3 Å². The van der Waals surface area contributed by atoms with Crippen LogP contribution in [0.5, 0.6) is 0 Å². The number of hydrogen-bond acceptors (Lipinski definition) is 3. The molecule has 2 amide bonds. The highest BCUT2D eigenvalue weighted by atomic mass is 35.5. The van der Waals surface area contributed by atoms with E-state index in [0.717, 1.165) is 34.1 Å². The third-order valence-electron chi connectivity index (χ3n) is 5.23. The Labute approximate surface area is 188 Å². The summed E-state index contributed by atoms with van der Waals surface area (Å²) in [4.78, 5) is 27.1. The van der Waals surface area contributed by atoms with Gasteiger partial charge < -0.3 is 4.57 Å². The quantitative estimate of drug-likeness (QED) is 0.336. The molecule has 1 aromatic heterocycles. The van der Waals surface area contributed by atoms with E-state index in [0.29, 0.717) is 9.93 Å². The van der Waals surface area contributed by atoms with Crippen LogP contribution in [0.2, 0.25) is 5.02 Å². The summed E-state index contributed by atoms with van der Waals surface area (Å²) in [5.74, 6) is -0.304. The third-order valence-corrected chi connectivity index (χ3v) is 6.51. The average Bonchev–Trinajstić information content (AvgIpc) is 3.35. The van der Waals surface area contributed by atoms with Crippen LogP contribution in [0.4, 0.5) is 4.79 Å². The first kappa shape index (κ1) is 19.7. The molecule has 5 rings (SSSR count). The lowest BCUT2D eigenvalue weighted by Gasteiger charge is -2.13. The van der Waals surface area contributed by atoms with E-state index in [4.69, 9.17) is 11.6 Å². The number of imide groups is 1. The number of fused-ring (bicyclic) bond motifs is 1. The van der Waals surface area contributed by atoms with Crippen LogP contribution in [0.1, 0.15) is 11.3 Å². The lowest BCUT2D eigenvalue weighted by atomic mass is 10.1. The molecule has 0 spiro atoms. The minimum atomic E-state index is -0.304. The van der Waals surface area contributed by atoms with Crippen molar-refractivity contribution in [2.45, 2.75) is 6.54 Å². The van der Waals surface area contributed by atoms with Crippen molar-refractivity contribution in [1.29, 1.82) is 0 Å². The number of benzene rings is 3. The Kier molecular flexibility index (Phi) is 5.14. The van der Waals surface area contributed by atoms with Gasteiger partial charge >= 0.3 is 0 Å². The smallest absolute Gasteiger partial charge is 0.293 e. The molecule has 6 heteroatoms. The normalized spacial score (nSPS) is 15.4.